The van der Waals surface area contributed by atoms with Gasteiger partial charge in [-0.2, -0.15) is 0 Å². The molecule has 1 aromatic rings. The highest BCUT2D eigenvalue weighted by atomic mass is 16.6. The van der Waals surface area contributed by atoms with Crippen molar-refractivity contribution in [2.24, 2.45) is 5.41 Å². The van der Waals surface area contributed by atoms with Gasteiger partial charge in [0.25, 0.3) is 5.69 Å². The van der Waals surface area contributed by atoms with Crippen molar-refractivity contribution in [1.82, 2.24) is 0 Å². The molecule has 0 saturated heterocycles. The molecule has 1 aromatic carbocycles. The van der Waals surface area contributed by atoms with Gasteiger partial charge >= 0.3 is 0 Å². The molecule has 1 aliphatic rings. The van der Waals surface area contributed by atoms with Gasteiger partial charge in [0.2, 0.25) is 0 Å². The summed E-state index contributed by atoms with van der Waals surface area (Å²) in [5, 5.41) is 19.9. The number of hydrogen-bond donors (Lipinski definition) is 1. The Morgan fingerprint density at radius 1 is 1.32 bits per heavy atom. The number of benzene rings is 1. The quantitative estimate of drug-likeness (QED) is 0.462. The van der Waals surface area contributed by atoms with Gasteiger partial charge in [0, 0.05) is 23.5 Å². The molecule has 4 nitrogen and oxygen atoms in total. The number of hydrogen-bond acceptors (Lipinski definition) is 3. The third-order valence-electron chi connectivity index (χ3n) is 4.53. The van der Waals surface area contributed by atoms with Crippen LogP contribution in [0.1, 0.15) is 39.2 Å². The smallest absolute Gasteiger partial charge is 0.269 e. The standard InChI is InChI=1S/C21H25NO3/c1-15(6-5-11-23)13-21(4)14-16(2)12-17(3)20(21)18-7-9-19(10-8-18)22(24)25/h5-10,12-14,20,23H,11H2,1-4H3/b6-5+,15-13+/t20-,21-/m1/s1. The summed E-state index contributed by atoms with van der Waals surface area (Å²) >= 11 is 0. The van der Waals surface area contributed by atoms with E-state index in [1.54, 1.807) is 18.2 Å². The highest BCUT2D eigenvalue weighted by Crippen LogP contribution is 2.47. The number of nitro benzene ring substituents is 1. The third kappa shape index (κ3) is 4.34. The molecular weight excluding hydrogens is 314 g/mol. The number of nitrogens with zero attached hydrogens (tertiary/aromatic N) is 1. The number of non-ortho nitro benzene ring substituents is 1. The van der Waals surface area contributed by atoms with Gasteiger partial charge < -0.3 is 5.11 Å². The molecular formula is C21H25NO3. The molecule has 0 amide bonds. The van der Waals surface area contributed by atoms with Gasteiger partial charge in [-0.1, -0.05) is 66.2 Å². The third-order valence-corrected chi connectivity index (χ3v) is 4.53. The average molecular weight is 339 g/mol. The lowest BCUT2D eigenvalue weighted by Gasteiger charge is -2.38. The van der Waals surface area contributed by atoms with E-state index in [4.69, 9.17) is 5.11 Å². The Kier molecular flexibility index (Phi) is 5.75. The van der Waals surface area contributed by atoms with Gasteiger partial charge in [-0.25, -0.2) is 0 Å². The maximum atomic E-state index is 10.9. The summed E-state index contributed by atoms with van der Waals surface area (Å²) in [5.74, 6) is 0.106. The van der Waals surface area contributed by atoms with Crippen LogP contribution in [0.15, 0.2) is 71.4 Å². The van der Waals surface area contributed by atoms with Crippen LogP contribution < -0.4 is 0 Å². The van der Waals surface area contributed by atoms with Crippen LogP contribution in [0.4, 0.5) is 5.69 Å². The molecule has 2 atom stereocenters. The number of aliphatic hydroxyl groups is 1. The summed E-state index contributed by atoms with van der Waals surface area (Å²) in [4.78, 5) is 10.5. The lowest BCUT2D eigenvalue weighted by molar-refractivity contribution is -0.384. The van der Waals surface area contributed by atoms with Gasteiger partial charge in [0.1, 0.15) is 0 Å². The largest absolute Gasteiger partial charge is 0.392 e. The first-order valence-electron chi connectivity index (χ1n) is 8.35. The maximum absolute atomic E-state index is 10.9. The fourth-order valence-corrected chi connectivity index (χ4v) is 3.86. The van der Waals surface area contributed by atoms with Crippen LogP contribution in [-0.4, -0.2) is 16.6 Å². The van der Waals surface area contributed by atoms with Crippen molar-refractivity contribution in [2.45, 2.75) is 33.6 Å². The first kappa shape index (κ1) is 18.9. The zero-order chi connectivity index (χ0) is 18.6. The van der Waals surface area contributed by atoms with Crippen LogP contribution in [0.25, 0.3) is 0 Å². The molecule has 0 unspecified atom stereocenters. The second-order valence-corrected chi connectivity index (χ2v) is 6.90. The first-order chi connectivity index (χ1) is 11.8. The second-order valence-electron chi connectivity index (χ2n) is 6.90. The van der Waals surface area contributed by atoms with E-state index in [-0.39, 0.29) is 28.6 Å². The highest BCUT2D eigenvalue weighted by molar-refractivity contribution is 5.47. The molecule has 1 aliphatic carbocycles. The SMILES string of the molecule is CC1=C[C@@](C)(/C=C(C)/C=C/CO)[C@@H](c2ccc([N+](=O)[O-])cc2)C(C)=C1. The minimum atomic E-state index is -0.375. The number of aliphatic hydroxyl groups excluding tert-OH is 1. The first-order valence-corrected chi connectivity index (χ1v) is 8.35. The minimum Gasteiger partial charge on any atom is -0.392 e. The zero-order valence-electron chi connectivity index (χ0n) is 15.2. The molecule has 0 radical (unpaired) electrons. The Hall–Kier alpha value is -2.46. The molecule has 0 spiro atoms. The molecule has 25 heavy (non-hydrogen) atoms. The zero-order valence-corrected chi connectivity index (χ0v) is 15.2. The maximum Gasteiger partial charge on any atom is 0.269 e. The summed E-state index contributed by atoms with van der Waals surface area (Å²) in [6.45, 7) is 8.39. The second kappa shape index (κ2) is 7.62. The predicted molar refractivity (Wildman–Crippen MR) is 101 cm³/mol. The lowest BCUT2D eigenvalue weighted by Crippen LogP contribution is -2.25. The van der Waals surface area contributed by atoms with Crippen LogP contribution in [-0.2, 0) is 0 Å². The molecule has 1 N–H and O–H groups in total. The van der Waals surface area contributed by atoms with Crippen LogP contribution in [0.5, 0.6) is 0 Å². The van der Waals surface area contributed by atoms with Gasteiger partial charge in [-0.05, 0) is 26.3 Å². The topological polar surface area (TPSA) is 63.4 Å². The van der Waals surface area contributed by atoms with Crippen molar-refractivity contribution >= 4 is 5.69 Å². The van der Waals surface area contributed by atoms with Gasteiger partial charge in [0.15, 0.2) is 0 Å². The Balaban J connectivity index is 2.49. The van der Waals surface area contributed by atoms with Crippen molar-refractivity contribution in [1.29, 1.82) is 0 Å². The fourth-order valence-electron chi connectivity index (χ4n) is 3.86. The van der Waals surface area contributed by atoms with Crippen molar-refractivity contribution in [2.75, 3.05) is 6.61 Å². The molecule has 0 saturated carbocycles. The monoisotopic (exact) mass is 339 g/mol. The van der Waals surface area contributed by atoms with E-state index in [0.717, 1.165) is 11.1 Å². The van der Waals surface area contributed by atoms with Gasteiger partial charge in [-0.3, -0.25) is 10.1 Å². The van der Waals surface area contributed by atoms with E-state index in [2.05, 4.69) is 39.0 Å². The summed E-state index contributed by atoms with van der Waals surface area (Å²) in [6, 6.07) is 6.83. The molecule has 4 heteroatoms. The number of allylic oxidation sites excluding steroid dienone is 7. The number of nitro groups is 1. The molecule has 0 heterocycles. The molecule has 0 fully saturated rings. The van der Waals surface area contributed by atoms with E-state index in [1.165, 1.54) is 11.1 Å². The molecule has 2 rings (SSSR count). The van der Waals surface area contributed by atoms with Crippen molar-refractivity contribution in [3.05, 3.63) is 87.0 Å². The Labute approximate surface area is 149 Å². The molecule has 0 aliphatic heterocycles. The van der Waals surface area contributed by atoms with E-state index < -0.39 is 0 Å². The molecule has 132 valence electrons. The number of rotatable bonds is 5. The van der Waals surface area contributed by atoms with Crippen LogP contribution in [0.2, 0.25) is 0 Å². The lowest BCUT2D eigenvalue weighted by atomic mass is 9.66. The fraction of sp³-hybridized carbons (Fsp3) is 0.333. The summed E-state index contributed by atoms with van der Waals surface area (Å²) in [7, 11) is 0. The van der Waals surface area contributed by atoms with Crippen LogP contribution in [0.3, 0.4) is 0 Å². The summed E-state index contributed by atoms with van der Waals surface area (Å²) < 4.78 is 0. The Morgan fingerprint density at radius 2 is 1.96 bits per heavy atom. The minimum absolute atomic E-state index is 0.0154. The highest BCUT2D eigenvalue weighted by Gasteiger charge is 2.35. The van der Waals surface area contributed by atoms with Crippen molar-refractivity contribution in [3.8, 4) is 0 Å². The van der Waals surface area contributed by atoms with Gasteiger partial charge in [-0.15, -0.1) is 0 Å². The van der Waals surface area contributed by atoms with E-state index in [0.29, 0.717) is 0 Å². The Bertz CT molecular complexity index is 769. The predicted octanol–water partition coefficient (Wildman–Crippen LogP) is 5.09. The average Bonchev–Trinajstić information content (AvgIpc) is 2.52. The van der Waals surface area contributed by atoms with Crippen molar-refractivity contribution < 1.29 is 10.0 Å². The Morgan fingerprint density at radius 3 is 2.52 bits per heavy atom. The van der Waals surface area contributed by atoms with E-state index in [1.807, 2.05) is 25.1 Å². The van der Waals surface area contributed by atoms with Crippen LogP contribution >= 0.6 is 0 Å². The summed E-state index contributed by atoms with van der Waals surface area (Å²) in [5.41, 5.74) is 4.42. The van der Waals surface area contributed by atoms with Gasteiger partial charge in [0.05, 0.1) is 11.5 Å². The summed E-state index contributed by atoms with van der Waals surface area (Å²) in [6.07, 6.45) is 10.2. The van der Waals surface area contributed by atoms with Crippen LogP contribution in [0, 0.1) is 15.5 Å². The normalized spacial score (nSPS) is 24.2. The van der Waals surface area contributed by atoms with Crippen molar-refractivity contribution in [3.63, 3.8) is 0 Å². The molecule has 0 aromatic heterocycles. The van der Waals surface area contributed by atoms with E-state index in [9.17, 15) is 10.1 Å². The van der Waals surface area contributed by atoms with E-state index >= 15 is 0 Å². The molecule has 0 bridgehead atoms.